The van der Waals surface area contributed by atoms with Crippen LogP contribution in [0.2, 0.25) is 0 Å². The van der Waals surface area contributed by atoms with Gasteiger partial charge in [-0.25, -0.2) is 0 Å². The Morgan fingerprint density at radius 2 is 2.23 bits per heavy atom. The summed E-state index contributed by atoms with van der Waals surface area (Å²) in [5.41, 5.74) is 6.12. The van der Waals surface area contributed by atoms with Crippen LogP contribution in [-0.4, -0.2) is 29.7 Å². The van der Waals surface area contributed by atoms with Crippen LogP contribution < -0.4 is 15.8 Å². The zero-order valence-electron chi connectivity index (χ0n) is 12.7. The number of nitrogens with two attached hydrogens (primary N) is 1. The highest BCUT2D eigenvalue weighted by Crippen LogP contribution is 2.27. The van der Waals surface area contributed by atoms with Gasteiger partial charge in [0.25, 0.3) is 0 Å². The third kappa shape index (κ3) is 3.82. The standard InChI is InChI=1S/C15H20N4O3/c1-10(17-13(20)8-5-9-16)15-18-14(19-22-15)11-6-3-4-7-12(11)21-2/h3-4,6-7,10H,5,8-9,16H2,1-2H3,(H,17,20). The van der Waals surface area contributed by atoms with Gasteiger partial charge in [-0.3, -0.25) is 4.79 Å². The van der Waals surface area contributed by atoms with Gasteiger partial charge in [-0.2, -0.15) is 4.98 Å². The Kier molecular flexibility index (Phi) is 5.48. The van der Waals surface area contributed by atoms with Gasteiger partial charge in [-0.1, -0.05) is 17.3 Å². The molecule has 0 aliphatic carbocycles. The summed E-state index contributed by atoms with van der Waals surface area (Å²) in [7, 11) is 1.58. The molecule has 1 aromatic heterocycles. The van der Waals surface area contributed by atoms with Gasteiger partial charge in [0.05, 0.1) is 12.7 Å². The predicted octanol–water partition coefficient (Wildman–Crippen LogP) is 1.66. The highest BCUT2D eigenvalue weighted by Gasteiger charge is 2.18. The largest absolute Gasteiger partial charge is 0.496 e. The van der Waals surface area contributed by atoms with Crippen LogP contribution in [0.15, 0.2) is 28.8 Å². The molecule has 1 unspecified atom stereocenters. The second kappa shape index (κ2) is 7.56. The fraction of sp³-hybridized carbons (Fsp3) is 0.400. The number of hydrogen-bond donors (Lipinski definition) is 2. The number of carbonyl (C=O) groups excluding carboxylic acids is 1. The van der Waals surface area contributed by atoms with E-state index in [1.165, 1.54) is 0 Å². The van der Waals surface area contributed by atoms with Crippen LogP contribution in [0.1, 0.15) is 31.7 Å². The molecule has 7 nitrogen and oxygen atoms in total. The maximum absolute atomic E-state index is 11.7. The molecule has 1 heterocycles. The van der Waals surface area contributed by atoms with E-state index in [1.54, 1.807) is 14.0 Å². The predicted molar refractivity (Wildman–Crippen MR) is 81.1 cm³/mol. The molecule has 0 saturated carbocycles. The molecule has 0 fully saturated rings. The van der Waals surface area contributed by atoms with Crippen LogP contribution in [0.5, 0.6) is 5.75 Å². The number of aromatic nitrogens is 2. The lowest BCUT2D eigenvalue weighted by Gasteiger charge is -2.09. The quantitative estimate of drug-likeness (QED) is 0.806. The Bertz CT molecular complexity index is 627. The summed E-state index contributed by atoms with van der Waals surface area (Å²) in [4.78, 5) is 16.0. The van der Waals surface area contributed by atoms with Gasteiger partial charge >= 0.3 is 0 Å². The van der Waals surface area contributed by atoms with Crippen LogP contribution in [0.25, 0.3) is 11.4 Å². The van der Waals surface area contributed by atoms with Crippen molar-refractivity contribution in [1.29, 1.82) is 0 Å². The van der Waals surface area contributed by atoms with Crippen LogP contribution in [0, 0.1) is 0 Å². The summed E-state index contributed by atoms with van der Waals surface area (Å²) in [6.45, 7) is 2.28. The van der Waals surface area contributed by atoms with Crippen LogP contribution in [0.4, 0.5) is 0 Å². The van der Waals surface area contributed by atoms with E-state index in [1.807, 2.05) is 24.3 Å². The smallest absolute Gasteiger partial charge is 0.249 e. The lowest BCUT2D eigenvalue weighted by atomic mass is 10.2. The Morgan fingerprint density at radius 3 is 2.95 bits per heavy atom. The van der Waals surface area contributed by atoms with Crippen molar-refractivity contribution < 1.29 is 14.1 Å². The molecule has 1 atom stereocenters. The molecular formula is C15H20N4O3. The first kappa shape index (κ1) is 16.0. The molecule has 0 saturated heterocycles. The Balaban J connectivity index is 2.09. The average Bonchev–Trinajstić information content (AvgIpc) is 3.02. The SMILES string of the molecule is COc1ccccc1-c1noc(C(C)NC(=O)CCCN)n1. The second-order valence-corrected chi connectivity index (χ2v) is 4.84. The molecule has 3 N–H and O–H groups in total. The van der Waals surface area contributed by atoms with Crippen molar-refractivity contribution in [3.05, 3.63) is 30.2 Å². The molecule has 0 aliphatic rings. The van der Waals surface area contributed by atoms with Gasteiger partial charge in [0.1, 0.15) is 11.8 Å². The van der Waals surface area contributed by atoms with Crippen molar-refractivity contribution in [1.82, 2.24) is 15.5 Å². The third-order valence-corrected chi connectivity index (χ3v) is 3.15. The number of ether oxygens (including phenoxy) is 1. The van der Waals surface area contributed by atoms with Gasteiger partial charge in [0, 0.05) is 6.42 Å². The average molecular weight is 304 g/mol. The molecule has 2 aromatic rings. The Labute approximate surface area is 128 Å². The van der Waals surface area contributed by atoms with Crippen molar-refractivity contribution in [3.8, 4) is 17.1 Å². The highest BCUT2D eigenvalue weighted by molar-refractivity contribution is 5.76. The van der Waals surface area contributed by atoms with Crippen molar-refractivity contribution in [2.24, 2.45) is 5.73 Å². The minimum Gasteiger partial charge on any atom is -0.496 e. The summed E-state index contributed by atoms with van der Waals surface area (Å²) in [5, 5.41) is 6.75. The van der Waals surface area contributed by atoms with Gasteiger partial charge < -0.3 is 20.3 Å². The lowest BCUT2D eigenvalue weighted by molar-refractivity contribution is -0.121. The summed E-state index contributed by atoms with van der Waals surface area (Å²) in [6.07, 6.45) is 1.03. The van der Waals surface area contributed by atoms with Gasteiger partial charge in [0.15, 0.2) is 0 Å². The summed E-state index contributed by atoms with van der Waals surface area (Å²) >= 11 is 0. The number of nitrogens with one attached hydrogen (secondary N) is 1. The van der Waals surface area contributed by atoms with E-state index in [2.05, 4.69) is 15.5 Å². The number of para-hydroxylation sites is 1. The number of benzene rings is 1. The zero-order chi connectivity index (χ0) is 15.9. The maximum Gasteiger partial charge on any atom is 0.249 e. The molecule has 0 bridgehead atoms. The Hall–Kier alpha value is -2.41. The monoisotopic (exact) mass is 304 g/mol. The van der Waals surface area contributed by atoms with E-state index in [-0.39, 0.29) is 11.9 Å². The van der Waals surface area contributed by atoms with Crippen molar-refractivity contribution in [3.63, 3.8) is 0 Å². The number of nitrogens with zero attached hydrogens (tertiary/aromatic N) is 2. The van der Waals surface area contributed by atoms with Crippen LogP contribution >= 0.6 is 0 Å². The zero-order valence-corrected chi connectivity index (χ0v) is 12.7. The highest BCUT2D eigenvalue weighted by atomic mass is 16.5. The van der Waals surface area contributed by atoms with Crippen LogP contribution in [-0.2, 0) is 4.79 Å². The molecule has 0 aliphatic heterocycles. The molecule has 1 amide bonds. The maximum atomic E-state index is 11.7. The molecule has 0 spiro atoms. The van der Waals surface area contributed by atoms with Gasteiger partial charge in [-0.05, 0) is 32.0 Å². The topological polar surface area (TPSA) is 103 Å². The van der Waals surface area contributed by atoms with Crippen molar-refractivity contribution in [2.75, 3.05) is 13.7 Å². The van der Waals surface area contributed by atoms with E-state index in [4.69, 9.17) is 15.0 Å². The third-order valence-electron chi connectivity index (χ3n) is 3.15. The van der Waals surface area contributed by atoms with Crippen LogP contribution in [0.3, 0.4) is 0 Å². The van der Waals surface area contributed by atoms with E-state index in [9.17, 15) is 4.79 Å². The fourth-order valence-electron chi connectivity index (χ4n) is 1.99. The molecule has 2 rings (SSSR count). The first-order chi connectivity index (χ1) is 10.7. The van der Waals surface area contributed by atoms with E-state index in [0.717, 1.165) is 5.56 Å². The minimum atomic E-state index is -0.360. The molecule has 7 heteroatoms. The molecule has 22 heavy (non-hydrogen) atoms. The molecule has 1 aromatic carbocycles. The number of amides is 1. The van der Waals surface area contributed by atoms with Crippen molar-refractivity contribution in [2.45, 2.75) is 25.8 Å². The summed E-state index contributed by atoms with van der Waals surface area (Å²) in [5.74, 6) is 1.35. The summed E-state index contributed by atoms with van der Waals surface area (Å²) < 4.78 is 10.5. The first-order valence-electron chi connectivity index (χ1n) is 7.12. The summed E-state index contributed by atoms with van der Waals surface area (Å²) in [6, 6.07) is 7.04. The second-order valence-electron chi connectivity index (χ2n) is 4.84. The minimum absolute atomic E-state index is 0.0880. The normalized spacial score (nSPS) is 12.0. The molecular weight excluding hydrogens is 284 g/mol. The number of hydrogen-bond acceptors (Lipinski definition) is 6. The van der Waals surface area contributed by atoms with Gasteiger partial charge in [-0.15, -0.1) is 0 Å². The number of carbonyl (C=O) groups is 1. The van der Waals surface area contributed by atoms with E-state index >= 15 is 0 Å². The fourth-order valence-corrected chi connectivity index (χ4v) is 1.99. The first-order valence-corrected chi connectivity index (χ1v) is 7.12. The lowest BCUT2D eigenvalue weighted by Crippen LogP contribution is -2.27. The van der Waals surface area contributed by atoms with E-state index in [0.29, 0.717) is 36.9 Å². The van der Waals surface area contributed by atoms with Crippen molar-refractivity contribution >= 4 is 5.91 Å². The molecule has 118 valence electrons. The van der Waals surface area contributed by atoms with E-state index < -0.39 is 0 Å². The number of methoxy groups -OCH3 is 1. The Morgan fingerprint density at radius 1 is 1.45 bits per heavy atom. The van der Waals surface area contributed by atoms with Gasteiger partial charge in [0.2, 0.25) is 17.6 Å². The molecule has 0 radical (unpaired) electrons. The number of rotatable bonds is 7.